The van der Waals surface area contributed by atoms with Crippen molar-refractivity contribution in [1.29, 1.82) is 0 Å². The van der Waals surface area contributed by atoms with Gasteiger partial charge in [0, 0.05) is 28.2 Å². The van der Waals surface area contributed by atoms with E-state index in [0.717, 1.165) is 16.6 Å². The lowest BCUT2D eigenvalue weighted by Gasteiger charge is -2.25. The standard InChI is InChI=1S/C28H27Cl2N3O4S.C2HF3O2/c1-18-12-13-20-10-7-11-23(26(20)32-18)37-17-21-22(29)14-15-24(25(21)30)38(35,36)33-28(2,3)27(34)31-16-19-8-5-4-6-9-19;3-2(4,5)1(6)7/h4-15,33H,16-17H2,1-3H3,(H,31,34);(H,6,7). The van der Waals surface area contributed by atoms with Gasteiger partial charge in [0.25, 0.3) is 0 Å². The van der Waals surface area contributed by atoms with Gasteiger partial charge in [-0.15, -0.1) is 0 Å². The lowest BCUT2D eigenvalue weighted by Crippen LogP contribution is -2.54. The maximum absolute atomic E-state index is 13.3. The van der Waals surface area contributed by atoms with E-state index in [1.54, 1.807) is 6.07 Å². The molecular formula is C30H28Cl2F3N3O6S. The number of carboxylic acid groups (broad SMARTS) is 1. The van der Waals surface area contributed by atoms with Gasteiger partial charge in [-0.3, -0.25) is 4.79 Å². The second-order valence-electron chi connectivity index (χ2n) is 10.1. The zero-order chi connectivity index (χ0) is 33.6. The summed E-state index contributed by atoms with van der Waals surface area (Å²) in [4.78, 5) is 26.1. The monoisotopic (exact) mass is 685 g/mol. The molecule has 0 saturated heterocycles. The Balaban J connectivity index is 0.000000707. The second kappa shape index (κ2) is 14.5. The van der Waals surface area contributed by atoms with Crippen LogP contribution in [0.15, 0.2) is 77.7 Å². The van der Waals surface area contributed by atoms with Crippen LogP contribution in [0.3, 0.4) is 0 Å². The third-order valence-corrected chi connectivity index (χ3v) is 8.73. The zero-order valence-electron chi connectivity index (χ0n) is 24.1. The van der Waals surface area contributed by atoms with Crippen molar-refractivity contribution in [1.82, 2.24) is 15.0 Å². The van der Waals surface area contributed by atoms with E-state index in [-0.39, 0.29) is 28.1 Å². The van der Waals surface area contributed by atoms with Crippen LogP contribution >= 0.6 is 23.2 Å². The normalized spacial score (nSPS) is 11.8. The van der Waals surface area contributed by atoms with E-state index in [2.05, 4.69) is 15.0 Å². The number of halogens is 5. The van der Waals surface area contributed by atoms with E-state index in [1.165, 1.54) is 26.0 Å². The predicted molar refractivity (Wildman–Crippen MR) is 164 cm³/mol. The van der Waals surface area contributed by atoms with Crippen molar-refractivity contribution in [2.24, 2.45) is 0 Å². The number of hydrogen-bond donors (Lipinski definition) is 3. The molecule has 0 aliphatic carbocycles. The molecule has 0 aliphatic rings. The van der Waals surface area contributed by atoms with E-state index in [4.69, 9.17) is 37.8 Å². The van der Waals surface area contributed by atoms with Crippen molar-refractivity contribution in [3.05, 3.63) is 99.7 Å². The molecule has 0 atom stereocenters. The molecule has 0 radical (unpaired) electrons. The molecule has 0 saturated carbocycles. The van der Waals surface area contributed by atoms with Crippen LogP contribution in [0.5, 0.6) is 5.75 Å². The number of carboxylic acids is 1. The minimum Gasteiger partial charge on any atom is -0.487 e. The zero-order valence-corrected chi connectivity index (χ0v) is 26.4. The van der Waals surface area contributed by atoms with Gasteiger partial charge in [0.2, 0.25) is 15.9 Å². The number of para-hydroxylation sites is 1. The highest BCUT2D eigenvalue weighted by Gasteiger charge is 2.38. The summed E-state index contributed by atoms with van der Waals surface area (Å²) in [7, 11) is -4.21. The number of pyridine rings is 1. The van der Waals surface area contributed by atoms with E-state index in [0.29, 0.717) is 16.8 Å². The third-order valence-electron chi connectivity index (χ3n) is 6.13. The molecule has 1 aromatic heterocycles. The first-order chi connectivity index (χ1) is 20.9. The van der Waals surface area contributed by atoms with Crippen LogP contribution in [0.4, 0.5) is 13.2 Å². The van der Waals surface area contributed by atoms with Crippen molar-refractivity contribution in [3.8, 4) is 5.75 Å². The van der Waals surface area contributed by atoms with E-state index in [1.807, 2.05) is 61.5 Å². The summed E-state index contributed by atoms with van der Waals surface area (Å²) < 4.78 is 66.8. The van der Waals surface area contributed by atoms with Crippen molar-refractivity contribution in [3.63, 3.8) is 0 Å². The van der Waals surface area contributed by atoms with Crippen molar-refractivity contribution in [2.45, 2.75) is 50.5 Å². The number of nitrogens with zero attached hydrogens (tertiary/aromatic N) is 1. The number of nitrogens with one attached hydrogen (secondary N) is 2. The average Bonchev–Trinajstić information content (AvgIpc) is 2.95. The molecular weight excluding hydrogens is 658 g/mol. The Bertz CT molecular complexity index is 1800. The topological polar surface area (TPSA) is 135 Å². The molecule has 45 heavy (non-hydrogen) atoms. The number of rotatable bonds is 9. The van der Waals surface area contributed by atoms with E-state index < -0.39 is 33.6 Å². The highest BCUT2D eigenvalue weighted by molar-refractivity contribution is 7.89. The van der Waals surface area contributed by atoms with Crippen LogP contribution < -0.4 is 14.8 Å². The number of sulfonamides is 1. The number of ether oxygens (including phenoxy) is 1. The highest BCUT2D eigenvalue weighted by Crippen LogP contribution is 2.33. The smallest absolute Gasteiger partial charge is 0.487 e. The number of fused-ring (bicyclic) bond motifs is 1. The SMILES string of the molecule is Cc1ccc2cccc(OCc3c(Cl)ccc(S(=O)(=O)NC(C)(C)C(=O)NCc4ccccc4)c3Cl)c2n1.O=C(O)C(F)(F)F. The second-order valence-corrected chi connectivity index (χ2v) is 12.5. The first-order valence-electron chi connectivity index (χ1n) is 13.0. The molecule has 4 rings (SSSR count). The fraction of sp³-hybridized carbons (Fsp3) is 0.233. The van der Waals surface area contributed by atoms with Gasteiger partial charge in [-0.25, -0.2) is 18.2 Å². The Morgan fingerprint density at radius 2 is 1.60 bits per heavy atom. The first kappa shape index (κ1) is 35.6. The summed E-state index contributed by atoms with van der Waals surface area (Å²) in [5.74, 6) is -2.73. The number of carbonyl (C=O) groups is 2. The molecule has 3 aromatic carbocycles. The van der Waals surface area contributed by atoms with Gasteiger partial charge in [-0.1, -0.05) is 71.7 Å². The van der Waals surface area contributed by atoms with Gasteiger partial charge in [-0.2, -0.15) is 17.9 Å². The summed E-state index contributed by atoms with van der Waals surface area (Å²) in [6.07, 6.45) is -5.08. The van der Waals surface area contributed by atoms with Crippen LogP contribution in [0, 0.1) is 6.92 Å². The van der Waals surface area contributed by atoms with Gasteiger partial charge in [-0.05, 0) is 50.6 Å². The number of hydrogen-bond acceptors (Lipinski definition) is 6. The summed E-state index contributed by atoms with van der Waals surface area (Å²) in [6.45, 7) is 5.02. The third kappa shape index (κ3) is 9.54. The minimum atomic E-state index is -5.08. The predicted octanol–water partition coefficient (Wildman–Crippen LogP) is 6.44. The fourth-order valence-corrected chi connectivity index (χ4v) is 6.10. The fourth-order valence-electron chi connectivity index (χ4n) is 3.84. The lowest BCUT2D eigenvalue weighted by molar-refractivity contribution is -0.192. The molecule has 0 spiro atoms. The maximum atomic E-state index is 13.3. The van der Waals surface area contributed by atoms with Gasteiger partial charge in [0.05, 0.1) is 5.02 Å². The number of aromatic nitrogens is 1. The summed E-state index contributed by atoms with van der Waals surface area (Å²) >= 11 is 12.9. The van der Waals surface area contributed by atoms with E-state index >= 15 is 0 Å². The highest BCUT2D eigenvalue weighted by atomic mass is 35.5. The molecule has 0 fully saturated rings. The summed E-state index contributed by atoms with van der Waals surface area (Å²) in [5.41, 5.74) is 1.24. The minimum absolute atomic E-state index is 0.0866. The summed E-state index contributed by atoms with van der Waals surface area (Å²) in [6, 6.07) is 21.5. The molecule has 0 aliphatic heterocycles. The molecule has 240 valence electrons. The van der Waals surface area contributed by atoms with Crippen LogP contribution in [-0.2, 0) is 32.8 Å². The van der Waals surface area contributed by atoms with Crippen molar-refractivity contribution in [2.75, 3.05) is 0 Å². The lowest BCUT2D eigenvalue weighted by atomic mass is 10.1. The Morgan fingerprint density at radius 1 is 0.956 bits per heavy atom. The van der Waals surface area contributed by atoms with Gasteiger partial charge >= 0.3 is 12.1 Å². The first-order valence-corrected chi connectivity index (χ1v) is 15.3. The number of benzene rings is 3. The van der Waals surface area contributed by atoms with Crippen LogP contribution in [0.1, 0.15) is 30.7 Å². The summed E-state index contributed by atoms with van der Waals surface area (Å²) in [5, 5.41) is 10.9. The maximum Gasteiger partial charge on any atom is 0.490 e. The Morgan fingerprint density at radius 3 is 2.22 bits per heavy atom. The van der Waals surface area contributed by atoms with Crippen molar-refractivity contribution < 1.29 is 41.0 Å². The molecule has 0 bridgehead atoms. The molecule has 1 amide bonds. The number of aliphatic carboxylic acids is 1. The molecule has 0 unspecified atom stereocenters. The van der Waals surface area contributed by atoms with Gasteiger partial charge in [0.15, 0.2) is 0 Å². The number of carbonyl (C=O) groups excluding carboxylic acids is 1. The van der Waals surface area contributed by atoms with Gasteiger partial charge < -0.3 is 15.2 Å². The largest absolute Gasteiger partial charge is 0.490 e. The Kier molecular flexibility index (Phi) is 11.4. The quantitative estimate of drug-likeness (QED) is 0.185. The Labute approximate surface area is 267 Å². The van der Waals surface area contributed by atoms with Gasteiger partial charge in [0.1, 0.15) is 28.3 Å². The van der Waals surface area contributed by atoms with Crippen LogP contribution in [0.25, 0.3) is 10.9 Å². The van der Waals surface area contributed by atoms with Crippen LogP contribution in [0.2, 0.25) is 10.0 Å². The molecule has 15 heteroatoms. The molecule has 3 N–H and O–H groups in total. The molecule has 9 nitrogen and oxygen atoms in total. The van der Waals surface area contributed by atoms with Crippen LogP contribution in [-0.4, -0.2) is 42.1 Å². The van der Waals surface area contributed by atoms with Crippen molar-refractivity contribution >= 4 is 56.0 Å². The molecule has 4 aromatic rings. The van der Waals surface area contributed by atoms with E-state index in [9.17, 15) is 26.4 Å². The number of amides is 1. The molecule has 1 heterocycles. The number of aryl methyl sites for hydroxylation is 1. The Hall–Kier alpha value is -3.91. The average molecular weight is 687 g/mol. The number of alkyl halides is 3.